The average Bonchev–Trinajstić information content (AvgIpc) is 2.82. The SMILES string of the molecule is O=C(CCc1nc2ccccc2c(=O)[nH]1)NCc1ccc(S(=O)(=O)N2CCOCC2)cc1. The molecule has 1 amide bonds. The number of hydrogen-bond acceptors (Lipinski definition) is 6. The van der Waals surface area contributed by atoms with Crippen LogP contribution in [0.25, 0.3) is 10.9 Å². The van der Waals surface area contributed by atoms with Gasteiger partial charge in [0.1, 0.15) is 5.82 Å². The van der Waals surface area contributed by atoms with E-state index in [0.717, 1.165) is 5.56 Å². The monoisotopic (exact) mass is 456 g/mol. The standard InChI is InChI=1S/C22H24N4O5S/c27-21(10-9-20-24-19-4-2-1-3-18(19)22(28)25-20)23-15-16-5-7-17(8-6-16)32(29,30)26-11-13-31-14-12-26/h1-8H,9-15H2,(H,23,27)(H,24,25,28). The van der Waals surface area contributed by atoms with E-state index in [2.05, 4.69) is 15.3 Å². The van der Waals surface area contributed by atoms with Gasteiger partial charge < -0.3 is 15.0 Å². The van der Waals surface area contributed by atoms with E-state index in [1.807, 2.05) is 6.07 Å². The van der Waals surface area contributed by atoms with Gasteiger partial charge in [0.15, 0.2) is 0 Å². The minimum Gasteiger partial charge on any atom is -0.379 e. The molecular weight excluding hydrogens is 432 g/mol. The Labute approximate surface area is 185 Å². The van der Waals surface area contributed by atoms with Gasteiger partial charge in [0.2, 0.25) is 15.9 Å². The molecule has 32 heavy (non-hydrogen) atoms. The number of aromatic nitrogens is 2. The third kappa shape index (κ3) is 5.04. The molecule has 1 aromatic heterocycles. The van der Waals surface area contributed by atoms with Crippen LogP contribution in [-0.4, -0.2) is 54.9 Å². The van der Waals surface area contributed by atoms with Crippen molar-refractivity contribution >= 4 is 26.8 Å². The van der Waals surface area contributed by atoms with Crippen molar-refractivity contribution in [2.75, 3.05) is 26.3 Å². The molecule has 0 bridgehead atoms. The van der Waals surface area contributed by atoms with Crippen molar-refractivity contribution in [3.8, 4) is 0 Å². The van der Waals surface area contributed by atoms with Crippen LogP contribution in [0, 0.1) is 0 Å². The number of hydrogen-bond donors (Lipinski definition) is 2. The molecule has 3 aromatic rings. The predicted octanol–water partition coefficient (Wildman–Crippen LogP) is 1.19. The first-order chi connectivity index (χ1) is 15.4. The average molecular weight is 457 g/mol. The van der Waals surface area contributed by atoms with E-state index in [-0.39, 0.29) is 29.3 Å². The van der Waals surface area contributed by atoms with E-state index < -0.39 is 10.0 Å². The van der Waals surface area contributed by atoms with E-state index in [0.29, 0.717) is 49.5 Å². The number of fused-ring (bicyclic) bond motifs is 1. The third-order valence-electron chi connectivity index (χ3n) is 5.27. The molecule has 1 saturated heterocycles. The summed E-state index contributed by atoms with van der Waals surface area (Å²) < 4.78 is 31.9. The number of aryl methyl sites for hydroxylation is 1. The summed E-state index contributed by atoms with van der Waals surface area (Å²) in [5, 5.41) is 3.32. The molecule has 0 radical (unpaired) electrons. The molecular formula is C22H24N4O5S. The number of H-pyrrole nitrogens is 1. The second-order valence-electron chi connectivity index (χ2n) is 7.47. The van der Waals surface area contributed by atoms with Crippen LogP contribution in [0.2, 0.25) is 0 Å². The zero-order valence-corrected chi connectivity index (χ0v) is 18.2. The molecule has 2 aromatic carbocycles. The molecule has 0 saturated carbocycles. The molecule has 2 heterocycles. The maximum absolute atomic E-state index is 12.7. The number of ether oxygens (including phenoxy) is 1. The summed E-state index contributed by atoms with van der Waals surface area (Å²) in [6.07, 6.45) is 0.480. The van der Waals surface area contributed by atoms with Crippen LogP contribution >= 0.6 is 0 Å². The maximum Gasteiger partial charge on any atom is 0.258 e. The Hall–Kier alpha value is -3.08. The second-order valence-corrected chi connectivity index (χ2v) is 9.40. The number of aromatic amines is 1. The molecule has 0 atom stereocenters. The molecule has 9 nitrogen and oxygen atoms in total. The van der Waals surface area contributed by atoms with Crippen LogP contribution in [0.5, 0.6) is 0 Å². The minimum atomic E-state index is -3.54. The third-order valence-corrected chi connectivity index (χ3v) is 7.18. The lowest BCUT2D eigenvalue weighted by Gasteiger charge is -2.26. The summed E-state index contributed by atoms with van der Waals surface area (Å²) in [4.78, 5) is 31.7. The second kappa shape index (κ2) is 9.60. The van der Waals surface area contributed by atoms with E-state index >= 15 is 0 Å². The number of nitrogens with one attached hydrogen (secondary N) is 2. The highest BCUT2D eigenvalue weighted by Gasteiger charge is 2.26. The number of morpholine rings is 1. The summed E-state index contributed by atoms with van der Waals surface area (Å²) in [5.74, 6) is 0.271. The number of sulfonamides is 1. The molecule has 10 heteroatoms. The normalized spacial score (nSPS) is 15.0. The van der Waals surface area contributed by atoms with Gasteiger partial charge in [-0.2, -0.15) is 4.31 Å². The number of nitrogens with zero attached hydrogens (tertiary/aromatic N) is 2. The summed E-state index contributed by atoms with van der Waals surface area (Å²) in [5.41, 5.74) is 1.16. The summed E-state index contributed by atoms with van der Waals surface area (Å²) in [6, 6.07) is 13.5. The summed E-state index contributed by atoms with van der Waals surface area (Å²) in [6.45, 7) is 1.76. The van der Waals surface area contributed by atoms with Gasteiger partial charge in [0, 0.05) is 32.5 Å². The quantitative estimate of drug-likeness (QED) is 0.551. The van der Waals surface area contributed by atoms with Crippen LogP contribution in [0.3, 0.4) is 0 Å². The molecule has 168 valence electrons. The van der Waals surface area contributed by atoms with Gasteiger partial charge >= 0.3 is 0 Å². The van der Waals surface area contributed by atoms with Crippen LogP contribution < -0.4 is 10.9 Å². The first-order valence-electron chi connectivity index (χ1n) is 10.3. The number of carbonyl (C=O) groups excluding carboxylic acids is 1. The summed E-state index contributed by atoms with van der Waals surface area (Å²) >= 11 is 0. The van der Waals surface area contributed by atoms with Gasteiger partial charge in [-0.15, -0.1) is 0 Å². The molecule has 0 unspecified atom stereocenters. The van der Waals surface area contributed by atoms with Gasteiger partial charge in [-0.25, -0.2) is 13.4 Å². The number of amides is 1. The topological polar surface area (TPSA) is 121 Å². The van der Waals surface area contributed by atoms with Crippen LogP contribution in [0.1, 0.15) is 17.8 Å². The highest BCUT2D eigenvalue weighted by molar-refractivity contribution is 7.89. The highest BCUT2D eigenvalue weighted by atomic mass is 32.2. The first kappa shape index (κ1) is 22.1. The zero-order chi connectivity index (χ0) is 22.6. The van der Waals surface area contributed by atoms with Gasteiger partial charge in [-0.05, 0) is 29.8 Å². The van der Waals surface area contributed by atoms with E-state index in [1.54, 1.807) is 42.5 Å². The van der Waals surface area contributed by atoms with Crippen molar-refractivity contribution in [3.05, 3.63) is 70.3 Å². The van der Waals surface area contributed by atoms with Crippen molar-refractivity contribution in [1.82, 2.24) is 19.6 Å². The largest absolute Gasteiger partial charge is 0.379 e. The van der Waals surface area contributed by atoms with Crippen molar-refractivity contribution < 1.29 is 17.9 Å². The lowest BCUT2D eigenvalue weighted by Crippen LogP contribution is -2.40. The van der Waals surface area contributed by atoms with Gasteiger partial charge in [-0.1, -0.05) is 24.3 Å². The fourth-order valence-electron chi connectivity index (χ4n) is 3.49. The van der Waals surface area contributed by atoms with Crippen LogP contribution in [0.15, 0.2) is 58.2 Å². The fraction of sp³-hybridized carbons (Fsp3) is 0.318. The Bertz CT molecular complexity index is 1270. The Kier molecular flexibility index (Phi) is 6.63. The van der Waals surface area contributed by atoms with Gasteiger partial charge in [0.25, 0.3) is 5.56 Å². The minimum absolute atomic E-state index is 0.171. The smallest absolute Gasteiger partial charge is 0.258 e. The van der Waals surface area contributed by atoms with Crippen molar-refractivity contribution in [2.24, 2.45) is 0 Å². The van der Waals surface area contributed by atoms with Crippen LogP contribution in [0.4, 0.5) is 0 Å². The maximum atomic E-state index is 12.7. The molecule has 2 N–H and O–H groups in total. The molecule has 0 aliphatic carbocycles. The van der Waals surface area contributed by atoms with Gasteiger partial charge in [0.05, 0.1) is 29.0 Å². The van der Waals surface area contributed by atoms with Crippen molar-refractivity contribution in [1.29, 1.82) is 0 Å². The Morgan fingerprint density at radius 3 is 2.56 bits per heavy atom. The van der Waals surface area contributed by atoms with E-state index in [1.165, 1.54) is 4.31 Å². The molecule has 1 aliphatic heterocycles. The number of benzene rings is 2. The highest BCUT2D eigenvalue weighted by Crippen LogP contribution is 2.17. The predicted molar refractivity (Wildman–Crippen MR) is 119 cm³/mol. The molecule has 4 rings (SSSR count). The summed E-state index contributed by atoms with van der Waals surface area (Å²) in [7, 11) is -3.54. The number of carbonyl (C=O) groups is 1. The lowest BCUT2D eigenvalue weighted by atomic mass is 10.2. The van der Waals surface area contributed by atoms with Crippen molar-refractivity contribution in [3.63, 3.8) is 0 Å². The fourth-order valence-corrected chi connectivity index (χ4v) is 4.90. The number of rotatable bonds is 7. The number of para-hydroxylation sites is 1. The van der Waals surface area contributed by atoms with E-state index in [4.69, 9.17) is 4.74 Å². The van der Waals surface area contributed by atoms with Crippen LogP contribution in [-0.2, 0) is 32.5 Å². The molecule has 0 spiro atoms. The Balaban J connectivity index is 1.31. The van der Waals surface area contributed by atoms with Crippen molar-refractivity contribution in [2.45, 2.75) is 24.3 Å². The first-order valence-corrected chi connectivity index (χ1v) is 11.8. The lowest BCUT2D eigenvalue weighted by molar-refractivity contribution is -0.121. The Morgan fingerprint density at radius 1 is 1.09 bits per heavy atom. The van der Waals surface area contributed by atoms with E-state index in [9.17, 15) is 18.0 Å². The van der Waals surface area contributed by atoms with Gasteiger partial charge in [-0.3, -0.25) is 9.59 Å². The molecule has 1 aliphatic rings. The zero-order valence-electron chi connectivity index (χ0n) is 17.4. The Morgan fingerprint density at radius 2 is 1.81 bits per heavy atom. The molecule has 1 fully saturated rings.